The van der Waals surface area contributed by atoms with E-state index in [2.05, 4.69) is 52.2 Å². The highest BCUT2D eigenvalue weighted by molar-refractivity contribution is 5.49. The molecule has 0 spiro atoms. The number of piperidine rings is 1. The normalized spacial score (nSPS) is 17.2. The molecule has 0 aliphatic carbocycles. The molecule has 5 heteroatoms. The summed E-state index contributed by atoms with van der Waals surface area (Å²) in [6.45, 7) is 7.41. The van der Waals surface area contributed by atoms with Gasteiger partial charge in [-0.2, -0.15) is 0 Å². The van der Waals surface area contributed by atoms with Crippen LogP contribution in [0.25, 0.3) is 0 Å². The van der Waals surface area contributed by atoms with E-state index in [1.165, 1.54) is 25.9 Å². The van der Waals surface area contributed by atoms with Crippen LogP contribution in [0.3, 0.4) is 0 Å². The fourth-order valence-electron chi connectivity index (χ4n) is 2.65. The van der Waals surface area contributed by atoms with E-state index >= 15 is 0 Å². The van der Waals surface area contributed by atoms with Crippen molar-refractivity contribution in [2.45, 2.75) is 39.2 Å². The first-order valence-electron chi connectivity index (χ1n) is 7.61. The zero-order valence-corrected chi connectivity index (χ0v) is 13.2. The van der Waals surface area contributed by atoms with Gasteiger partial charge in [0.05, 0.1) is 0 Å². The second-order valence-corrected chi connectivity index (χ2v) is 5.73. The van der Waals surface area contributed by atoms with Crippen molar-refractivity contribution in [1.82, 2.24) is 14.9 Å². The molecule has 1 aromatic heterocycles. The molecule has 20 heavy (non-hydrogen) atoms. The Hall–Kier alpha value is -1.36. The Kier molecular flexibility index (Phi) is 5.17. The van der Waals surface area contributed by atoms with Crippen LogP contribution < -0.4 is 10.2 Å². The van der Waals surface area contributed by atoms with Crippen LogP contribution in [0.1, 0.15) is 32.0 Å². The molecule has 0 atom stereocenters. The highest BCUT2D eigenvalue weighted by Gasteiger charge is 2.22. The van der Waals surface area contributed by atoms with Crippen molar-refractivity contribution in [3.05, 3.63) is 11.9 Å². The van der Waals surface area contributed by atoms with Gasteiger partial charge in [0.15, 0.2) is 0 Å². The maximum Gasteiger partial charge on any atom is 0.134 e. The molecule has 0 amide bonds. The summed E-state index contributed by atoms with van der Waals surface area (Å²) in [7, 11) is 4.35. The first-order valence-corrected chi connectivity index (χ1v) is 7.61. The van der Waals surface area contributed by atoms with E-state index in [9.17, 15) is 0 Å². The standard InChI is InChI=1S/C15H27N5/c1-5-8-16-14-11-15(18-12(2)17-14)20(4)13-6-9-19(3)10-7-13/h11,13H,5-10H2,1-4H3,(H,16,17,18). The molecule has 1 aliphatic heterocycles. The molecule has 0 aromatic carbocycles. The first-order chi connectivity index (χ1) is 9.60. The number of hydrogen-bond acceptors (Lipinski definition) is 5. The van der Waals surface area contributed by atoms with Crippen molar-refractivity contribution in [1.29, 1.82) is 0 Å². The molecular formula is C15H27N5. The minimum atomic E-state index is 0.583. The Balaban J connectivity index is 2.08. The van der Waals surface area contributed by atoms with E-state index in [1.807, 2.05) is 6.92 Å². The Morgan fingerprint density at radius 3 is 2.70 bits per heavy atom. The van der Waals surface area contributed by atoms with Crippen molar-refractivity contribution in [2.24, 2.45) is 0 Å². The van der Waals surface area contributed by atoms with Gasteiger partial charge >= 0.3 is 0 Å². The Bertz CT molecular complexity index is 426. The van der Waals surface area contributed by atoms with Gasteiger partial charge in [-0.15, -0.1) is 0 Å². The van der Waals surface area contributed by atoms with Crippen LogP contribution in [0.2, 0.25) is 0 Å². The summed E-state index contributed by atoms with van der Waals surface area (Å²) >= 11 is 0. The molecule has 0 unspecified atom stereocenters. The molecule has 2 heterocycles. The van der Waals surface area contributed by atoms with E-state index in [1.54, 1.807) is 0 Å². The SMILES string of the molecule is CCCNc1cc(N(C)C2CCN(C)CC2)nc(C)n1. The zero-order chi connectivity index (χ0) is 14.5. The van der Waals surface area contributed by atoms with Crippen LogP contribution in [0.5, 0.6) is 0 Å². The Labute approximate surface area is 122 Å². The predicted octanol–water partition coefficient (Wildman–Crippen LogP) is 2.14. The molecule has 2 rings (SSSR count). The smallest absolute Gasteiger partial charge is 0.134 e. The van der Waals surface area contributed by atoms with Gasteiger partial charge in [-0.25, -0.2) is 9.97 Å². The first kappa shape index (κ1) is 15.0. The molecule has 0 bridgehead atoms. The highest BCUT2D eigenvalue weighted by Crippen LogP contribution is 2.22. The van der Waals surface area contributed by atoms with Crippen molar-refractivity contribution in [3.63, 3.8) is 0 Å². The van der Waals surface area contributed by atoms with Crippen LogP contribution in [0, 0.1) is 6.92 Å². The summed E-state index contributed by atoms with van der Waals surface area (Å²) in [4.78, 5) is 13.8. The minimum absolute atomic E-state index is 0.583. The van der Waals surface area contributed by atoms with Crippen LogP contribution in [0.15, 0.2) is 6.07 Å². The maximum atomic E-state index is 4.60. The molecule has 1 aliphatic rings. The molecule has 1 N–H and O–H groups in total. The average molecular weight is 277 g/mol. The summed E-state index contributed by atoms with van der Waals surface area (Å²) < 4.78 is 0. The predicted molar refractivity (Wildman–Crippen MR) is 84.5 cm³/mol. The molecular weight excluding hydrogens is 250 g/mol. The lowest BCUT2D eigenvalue weighted by atomic mass is 10.0. The van der Waals surface area contributed by atoms with Gasteiger partial charge in [-0.05, 0) is 46.3 Å². The van der Waals surface area contributed by atoms with Crippen LogP contribution in [0.4, 0.5) is 11.6 Å². The van der Waals surface area contributed by atoms with Gasteiger partial charge in [-0.1, -0.05) is 6.92 Å². The summed E-state index contributed by atoms with van der Waals surface area (Å²) in [5.41, 5.74) is 0. The number of aryl methyl sites for hydroxylation is 1. The third-order valence-electron chi connectivity index (χ3n) is 3.98. The maximum absolute atomic E-state index is 4.60. The fourth-order valence-corrected chi connectivity index (χ4v) is 2.65. The van der Waals surface area contributed by atoms with E-state index in [4.69, 9.17) is 0 Å². The van der Waals surface area contributed by atoms with Crippen molar-refractivity contribution in [3.8, 4) is 0 Å². The minimum Gasteiger partial charge on any atom is -0.370 e. The summed E-state index contributed by atoms with van der Waals surface area (Å²) in [6.07, 6.45) is 3.50. The summed E-state index contributed by atoms with van der Waals surface area (Å²) in [5, 5.41) is 3.35. The molecule has 1 saturated heterocycles. The van der Waals surface area contributed by atoms with E-state index < -0.39 is 0 Å². The monoisotopic (exact) mass is 277 g/mol. The third-order valence-corrected chi connectivity index (χ3v) is 3.98. The molecule has 112 valence electrons. The molecule has 0 saturated carbocycles. The lowest BCUT2D eigenvalue weighted by molar-refractivity contribution is 0.252. The number of nitrogens with one attached hydrogen (secondary N) is 1. The fraction of sp³-hybridized carbons (Fsp3) is 0.733. The van der Waals surface area contributed by atoms with Gasteiger partial charge in [0.25, 0.3) is 0 Å². The van der Waals surface area contributed by atoms with Gasteiger partial charge in [0.2, 0.25) is 0 Å². The van der Waals surface area contributed by atoms with Crippen molar-refractivity contribution < 1.29 is 0 Å². The lowest BCUT2D eigenvalue weighted by Gasteiger charge is -2.35. The number of nitrogens with zero attached hydrogens (tertiary/aromatic N) is 4. The van der Waals surface area contributed by atoms with Crippen LogP contribution >= 0.6 is 0 Å². The molecule has 0 radical (unpaired) electrons. The number of likely N-dealkylation sites (tertiary alicyclic amines) is 1. The largest absolute Gasteiger partial charge is 0.370 e. The lowest BCUT2D eigenvalue weighted by Crippen LogP contribution is -2.42. The zero-order valence-electron chi connectivity index (χ0n) is 13.2. The second-order valence-electron chi connectivity index (χ2n) is 5.73. The van der Waals surface area contributed by atoms with Crippen molar-refractivity contribution in [2.75, 3.05) is 43.9 Å². The molecule has 1 fully saturated rings. The van der Waals surface area contributed by atoms with Crippen molar-refractivity contribution >= 4 is 11.6 Å². The Morgan fingerprint density at radius 1 is 1.35 bits per heavy atom. The van der Waals surface area contributed by atoms with E-state index in [0.717, 1.165) is 30.4 Å². The van der Waals surface area contributed by atoms with Gasteiger partial charge < -0.3 is 15.1 Å². The number of hydrogen-bond donors (Lipinski definition) is 1. The summed E-state index contributed by atoms with van der Waals surface area (Å²) in [6, 6.07) is 2.65. The van der Waals surface area contributed by atoms with Gasteiger partial charge in [0, 0.05) is 25.7 Å². The van der Waals surface area contributed by atoms with Crippen LogP contribution in [-0.4, -0.2) is 54.6 Å². The summed E-state index contributed by atoms with van der Waals surface area (Å²) in [5.74, 6) is 2.81. The number of aromatic nitrogens is 2. The van der Waals surface area contributed by atoms with E-state index in [0.29, 0.717) is 6.04 Å². The second kappa shape index (κ2) is 6.88. The van der Waals surface area contributed by atoms with Gasteiger partial charge in [0.1, 0.15) is 17.5 Å². The number of anilines is 2. The Morgan fingerprint density at radius 2 is 2.05 bits per heavy atom. The van der Waals surface area contributed by atoms with Gasteiger partial charge in [-0.3, -0.25) is 0 Å². The molecule has 1 aromatic rings. The average Bonchev–Trinajstić information content (AvgIpc) is 2.44. The quantitative estimate of drug-likeness (QED) is 0.893. The van der Waals surface area contributed by atoms with E-state index in [-0.39, 0.29) is 0 Å². The van der Waals surface area contributed by atoms with Crippen LogP contribution in [-0.2, 0) is 0 Å². The molecule has 5 nitrogen and oxygen atoms in total. The number of rotatable bonds is 5. The topological polar surface area (TPSA) is 44.3 Å². The third kappa shape index (κ3) is 3.82. The highest BCUT2D eigenvalue weighted by atomic mass is 15.2.